The molecule has 0 atom stereocenters. The lowest BCUT2D eigenvalue weighted by molar-refractivity contribution is -0.274. The van der Waals surface area contributed by atoms with Gasteiger partial charge in [0.25, 0.3) is 0 Å². The zero-order valence-electron chi connectivity index (χ0n) is 13.6. The first-order chi connectivity index (χ1) is 12.8. The zero-order chi connectivity index (χ0) is 19.4. The number of alkyl halides is 3. The molecule has 144 valence electrons. The minimum atomic E-state index is -4.75. The first-order valence-corrected chi connectivity index (χ1v) is 9.27. The van der Waals surface area contributed by atoms with E-state index in [0.717, 1.165) is 20.8 Å². The monoisotopic (exact) mass is 463 g/mol. The molecule has 0 unspecified atom stereocenters. The van der Waals surface area contributed by atoms with Crippen LogP contribution in [0.25, 0.3) is 0 Å². The first-order valence-electron chi connectivity index (χ1n) is 7.66. The van der Waals surface area contributed by atoms with Gasteiger partial charge in [0.15, 0.2) is 0 Å². The number of ether oxygens (including phenoxy) is 2. The molecule has 0 aliphatic carbocycles. The van der Waals surface area contributed by atoms with E-state index in [-0.39, 0.29) is 18.2 Å². The van der Waals surface area contributed by atoms with Crippen molar-refractivity contribution in [2.75, 3.05) is 25.0 Å². The molecule has 0 saturated carbocycles. The molecule has 0 spiro atoms. The minimum Gasteiger partial charge on any atom is -0.474 e. The van der Waals surface area contributed by atoms with Crippen molar-refractivity contribution in [3.8, 4) is 5.75 Å². The summed E-state index contributed by atoms with van der Waals surface area (Å²) in [6.07, 6.45) is -4.75. The Morgan fingerprint density at radius 3 is 2.67 bits per heavy atom. The van der Waals surface area contributed by atoms with E-state index in [4.69, 9.17) is 4.74 Å². The maximum atomic E-state index is 12.2. The molecule has 1 N–H and O–H groups in total. The fourth-order valence-electron chi connectivity index (χ4n) is 2.23. The summed E-state index contributed by atoms with van der Waals surface area (Å²) >= 11 is 4.84. The Labute approximate surface area is 164 Å². The number of anilines is 1. The molecule has 0 fully saturated rings. The highest BCUT2D eigenvalue weighted by Crippen LogP contribution is 2.25. The van der Waals surface area contributed by atoms with Gasteiger partial charge in [-0.1, -0.05) is 0 Å². The van der Waals surface area contributed by atoms with Crippen LogP contribution < -0.4 is 10.1 Å². The Bertz CT molecular complexity index is 839. The molecule has 1 amide bonds. The van der Waals surface area contributed by atoms with Gasteiger partial charge in [-0.25, -0.2) is 0 Å². The Kier molecular flexibility index (Phi) is 5.90. The molecule has 1 aromatic carbocycles. The van der Waals surface area contributed by atoms with Gasteiger partial charge >= 0.3 is 6.36 Å². The molecule has 11 heteroatoms. The van der Waals surface area contributed by atoms with Crippen molar-refractivity contribution in [1.29, 1.82) is 0 Å². The summed E-state index contributed by atoms with van der Waals surface area (Å²) in [4.78, 5) is 13.0. The van der Waals surface area contributed by atoms with Gasteiger partial charge < -0.3 is 14.8 Å². The normalized spacial score (nSPS) is 14.4. The molecular formula is C16H13BrF3N3O3S. The van der Waals surface area contributed by atoms with Crippen LogP contribution in [0.15, 0.2) is 45.3 Å². The number of carbonyl (C=O) groups excluding carboxylic acids is 1. The molecule has 1 aromatic heterocycles. The van der Waals surface area contributed by atoms with Gasteiger partial charge in [0.1, 0.15) is 18.9 Å². The van der Waals surface area contributed by atoms with Crippen LogP contribution >= 0.6 is 27.3 Å². The maximum absolute atomic E-state index is 12.2. The molecule has 1 aliphatic rings. The van der Waals surface area contributed by atoms with Gasteiger partial charge in [-0.05, 0) is 52.3 Å². The number of halogens is 4. The van der Waals surface area contributed by atoms with Crippen LogP contribution in [0.3, 0.4) is 0 Å². The van der Waals surface area contributed by atoms with Crippen molar-refractivity contribution in [2.45, 2.75) is 6.36 Å². The largest absolute Gasteiger partial charge is 0.573 e. The molecule has 2 aromatic rings. The van der Waals surface area contributed by atoms with Crippen molar-refractivity contribution in [1.82, 2.24) is 5.01 Å². The van der Waals surface area contributed by atoms with Gasteiger partial charge in [-0.15, -0.1) is 29.6 Å². The summed E-state index contributed by atoms with van der Waals surface area (Å²) in [6, 6.07) is 8.66. The number of nitrogens with one attached hydrogen (secondary N) is 1. The van der Waals surface area contributed by atoms with E-state index in [2.05, 4.69) is 31.1 Å². The van der Waals surface area contributed by atoms with Crippen LogP contribution in [0.4, 0.5) is 18.9 Å². The number of benzene rings is 1. The number of thiophene rings is 1. The quantitative estimate of drug-likeness (QED) is 0.726. The second kappa shape index (κ2) is 8.17. The van der Waals surface area contributed by atoms with Crippen LogP contribution in [0.5, 0.6) is 5.75 Å². The third-order valence-electron chi connectivity index (χ3n) is 3.30. The molecular weight excluding hydrogens is 451 g/mol. The molecule has 2 heterocycles. The van der Waals surface area contributed by atoms with E-state index in [0.29, 0.717) is 24.7 Å². The van der Waals surface area contributed by atoms with Crippen LogP contribution in [0, 0.1) is 0 Å². The van der Waals surface area contributed by atoms with Crippen molar-refractivity contribution in [3.63, 3.8) is 0 Å². The predicted molar refractivity (Wildman–Crippen MR) is 97.8 cm³/mol. The van der Waals surface area contributed by atoms with E-state index < -0.39 is 6.36 Å². The van der Waals surface area contributed by atoms with Crippen LogP contribution in [-0.2, 0) is 9.53 Å². The van der Waals surface area contributed by atoms with Crippen molar-refractivity contribution < 1.29 is 27.4 Å². The Hall–Kier alpha value is -2.27. The fourth-order valence-corrected chi connectivity index (χ4v) is 3.55. The van der Waals surface area contributed by atoms with E-state index in [1.165, 1.54) is 23.5 Å². The van der Waals surface area contributed by atoms with Crippen molar-refractivity contribution in [2.24, 2.45) is 5.10 Å². The smallest absolute Gasteiger partial charge is 0.474 e. The number of hydrogen-bond acceptors (Lipinski definition) is 6. The summed E-state index contributed by atoms with van der Waals surface area (Å²) < 4.78 is 46.7. The molecule has 3 rings (SSSR count). The highest BCUT2D eigenvalue weighted by molar-refractivity contribution is 9.11. The highest BCUT2D eigenvalue weighted by atomic mass is 79.9. The van der Waals surface area contributed by atoms with E-state index >= 15 is 0 Å². The number of hydrazone groups is 1. The lowest BCUT2D eigenvalue weighted by Gasteiger charge is -2.24. The van der Waals surface area contributed by atoms with Gasteiger partial charge in [-0.2, -0.15) is 0 Å². The third kappa shape index (κ3) is 5.86. The number of carbonyl (C=O) groups is 1. The Balaban J connectivity index is 1.57. The van der Waals surface area contributed by atoms with Crippen molar-refractivity contribution in [3.05, 3.63) is 45.1 Å². The molecule has 27 heavy (non-hydrogen) atoms. The van der Waals surface area contributed by atoms with Crippen LogP contribution in [0.1, 0.15) is 4.88 Å². The third-order valence-corrected chi connectivity index (χ3v) is 4.91. The first kappa shape index (κ1) is 19.5. The number of amides is 1. The average Bonchev–Trinajstić information content (AvgIpc) is 3.02. The van der Waals surface area contributed by atoms with Gasteiger partial charge in [0.2, 0.25) is 11.8 Å². The highest BCUT2D eigenvalue weighted by Gasteiger charge is 2.31. The van der Waals surface area contributed by atoms with Crippen LogP contribution in [-0.4, -0.2) is 42.9 Å². The minimum absolute atomic E-state index is 0.0137. The van der Waals surface area contributed by atoms with E-state index in [9.17, 15) is 18.0 Å². The Morgan fingerprint density at radius 1 is 1.30 bits per heavy atom. The summed E-state index contributed by atoms with van der Waals surface area (Å²) in [5.74, 6) is -0.264. The van der Waals surface area contributed by atoms with E-state index in [1.807, 2.05) is 12.1 Å². The molecule has 0 saturated heterocycles. The SMILES string of the molecule is O=C(CN1CCOC(c2ccc(Br)s2)=N1)Nc1ccc(OC(F)(F)F)cc1. The van der Waals surface area contributed by atoms with Gasteiger partial charge in [0.05, 0.1) is 15.2 Å². The topological polar surface area (TPSA) is 63.2 Å². The number of rotatable bonds is 5. The fraction of sp³-hybridized carbons (Fsp3) is 0.250. The second-order valence-corrected chi connectivity index (χ2v) is 7.83. The van der Waals surface area contributed by atoms with Gasteiger partial charge in [0, 0.05) is 5.69 Å². The maximum Gasteiger partial charge on any atom is 0.573 e. The molecule has 0 radical (unpaired) electrons. The second-order valence-electron chi connectivity index (χ2n) is 5.37. The Morgan fingerprint density at radius 2 is 2.04 bits per heavy atom. The summed E-state index contributed by atoms with van der Waals surface area (Å²) in [6.45, 7) is 0.827. The molecule has 1 aliphatic heterocycles. The summed E-state index contributed by atoms with van der Waals surface area (Å²) in [5.41, 5.74) is 0.356. The lowest BCUT2D eigenvalue weighted by atomic mass is 10.3. The van der Waals surface area contributed by atoms with E-state index in [1.54, 1.807) is 5.01 Å². The average molecular weight is 464 g/mol. The summed E-state index contributed by atoms with van der Waals surface area (Å²) in [5, 5.41) is 8.49. The predicted octanol–water partition coefficient (Wildman–Crippen LogP) is 4.04. The van der Waals surface area contributed by atoms with Crippen LogP contribution in [0.2, 0.25) is 0 Å². The van der Waals surface area contributed by atoms with Crippen molar-refractivity contribution >= 4 is 44.8 Å². The molecule has 6 nitrogen and oxygen atoms in total. The standard InChI is InChI=1S/C16H13BrF3N3O3S/c17-13-6-5-12(27-13)15-22-23(7-8-25-15)9-14(24)21-10-1-3-11(4-2-10)26-16(18,19)20/h1-6H,7-9H2,(H,21,24). The zero-order valence-corrected chi connectivity index (χ0v) is 16.0. The lowest BCUT2D eigenvalue weighted by Crippen LogP contribution is -2.36. The van der Waals surface area contributed by atoms with Gasteiger partial charge in [-0.3, -0.25) is 9.80 Å². The summed E-state index contributed by atoms with van der Waals surface area (Å²) in [7, 11) is 0. The number of nitrogens with zero attached hydrogens (tertiary/aromatic N) is 2. The molecule has 0 bridgehead atoms. The number of hydrogen-bond donors (Lipinski definition) is 1.